The van der Waals surface area contributed by atoms with E-state index in [0.717, 1.165) is 17.4 Å². The molecule has 0 spiro atoms. The van der Waals surface area contributed by atoms with Crippen molar-refractivity contribution < 1.29 is 0 Å². The standard InChI is InChI=1S/C13H16N6O3/c1-4-5-6-19-9-7-10(14-11(20)8(9)15-16-19)17(2)13(22)18(3)12(7)21/h4-6H2,1-3H3,(H,14,20). The van der Waals surface area contributed by atoms with Gasteiger partial charge in [-0.15, -0.1) is 5.10 Å². The Morgan fingerprint density at radius 3 is 2.55 bits per heavy atom. The van der Waals surface area contributed by atoms with Crippen LogP contribution in [0.4, 0.5) is 0 Å². The predicted molar refractivity (Wildman–Crippen MR) is 81.0 cm³/mol. The second kappa shape index (κ2) is 4.93. The summed E-state index contributed by atoms with van der Waals surface area (Å²) in [5.74, 6) is 0. The number of aryl methyl sites for hydroxylation is 2. The molecule has 0 saturated carbocycles. The molecule has 0 bridgehead atoms. The number of nitrogens with zero attached hydrogens (tertiary/aromatic N) is 5. The number of fused-ring (bicyclic) bond motifs is 3. The summed E-state index contributed by atoms with van der Waals surface area (Å²) in [5.41, 5.74) is -0.763. The lowest BCUT2D eigenvalue weighted by Crippen LogP contribution is -2.38. The molecule has 0 aromatic carbocycles. The Morgan fingerprint density at radius 2 is 1.86 bits per heavy atom. The van der Waals surface area contributed by atoms with Gasteiger partial charge in [-0.1, -0.05) is 18.6 Å². The highest BCUT2D eigenvalue weighted by molar-refractivity contribution is 5.99. The van der Waals surface area contributed by atoms with Crippen molar-refractivity contribution in [1.29, 1.82) is 0 Å². The largest absolute Gasteiger partial charge is 0.332 e. The zero-order chi connectivity index (χ0) is 16.0. The minimum Gasteiger partial charge on any atom is -0.306 e. The van der Waals surface area contributed by atoms with Gasteiger partial charge in [0.25, 0.3) is 11.1 Å². The van der Waals surface area contributed by atoms with Gasteiger partial charge in [-0.05, 0) is 6.42 Å². The molecule has 0 saturated heterocycles. The monoisotopic (exact) mass is 304 g/mol. The number of nitrogens with one attached hydrogen (secondary N) is 1. The molecule has 116 valence electrons. The molecule has 3 aromatic heterocycles. The molecule has 3 aromatic rings. The number of H-pyrrole nitrogens is 1. The third-order valence-electron chi connectivity index (χ3n) is 3.81. The summed E-state index contributed by atoms with van der Waals surface area (Å²) in [6.07, 6.45) is 1.79. The highest BCUT2D eigenvalue weighted by atomic mass is 16.2. The summed E-state index contributed by atoms with van der Waals surface area (Å²) >= 11 is 0. The third-order valence-corrected chi connectivity index (χ3v) is 3.81. The summed E-state index contributed by atoms with van der Waals surface area (Å²) in [5, 5.41) is 8.11. The topological polar surface area (TPSA) is 108 Å². The quantitative estimate of drug-likeness (QED) is 0.700. The van der Waals surface area contributed by atoms with Crippen molar-refractivity contribution in [3.05, 3.63) is 31.2 Å². The molecular weight excluding hydrogens is 288 g/mol. The van der Waals surface area contributed by atoms with Crippen LogP contribution in [0, 0.1) is 0 Å². The van der Waals surface area contributed by atoms with Crippen LogP contribution in [0.25, 0.3) is 22.1 Å². The first-order valence-electron chi connectivity index (χ1n) is 7.02. The van der Waals surface area contributed by atoms with Crippen molar-refractivity contribution in [2.75, 3.05) is 0 Å². The fourth-order valence-electron chi connectivity index (χ4n) is 2.55. The van der Waals surface area contributed by atoms with Crippen LogP contribution in [0.1, 0.15) is 19.8 Å². The fraction of sp³-hybridized carbons (Fsp3) is 0.462. The minimum atomic E-state index is -0.500. The molecule has 0 radical (unpaired) electrons. The number of pyridine rings is 1. The Balaban J connectivity index is 2.59. The first-order valence-corrected chi connectivity index (χ1v) is 7.02. The predicted octanol–water partition coefficient (Wildman–Crippen LogP) is -0.530. The summed E-state index contributed by atoms with van der Waals surface area (Å²) in [7, 11) is 2.91. The summed E-state index contributed by atoms with van der Waals surface area (Å²) in [6, 6.07) is 0. The molecule has 3 heterocycles. The van der Waals surface area contributed by atoms with Crippen LogP contribution in [-0.4, -0.2) is 29.1 Å². The van der Waals surface area contributed by atoms with Crippen LogP contribution in [0.2, 0.25) is 0 Å². The number of unbranched alkanes of at least 4 members (excludes halogenated alkanes) is 1. The van der Waals surface area contributed by atoms with E-state index in [1.54, 1.807) is 4.68 Å². The molecule has 0 aliphatic rings. The van der Waals surface area contributed by atoms with Gasteiger partial charge in [0.05, 0.1) is 0 Å². The zero-order valence-corrected chi connectivity index (χ0v) is 12.6. The lowest BCUT2D eigenvalue weighted by Gasteiger charge is -2.08. The lowest BCUT2D eigenvalue weighted by atomic mass is 10.2. The van der Waals surface area contributed by atoms with E-state index in [0.29, 0.717) is 12.1 Å². The number of aromatic nitrogens is 6. The van der Waals surface area contributed by atoms with Gasteiger partial charge in [0.15, 0.2) is 5.52 Å². The van der Waals surface area contributed by atoms with E-state index in [4.69, 9.17) is 0 Å². The molecule has 0 atom stereocenters. The maximum absolute atomic E-state index is 12.5. The van der Waals surface area contributed by atoms with Gasteiger partial charge in [-0.3, -0.25) is 18.7 Å². The highest BCUT2D eigenvalue weighted by Crippen LogP contribution is 2.15. The van der Waals surface area contributed by atoms with Gasteiger partial charge in [-0.2, -0.15) is 0 Å². The van der Waals surface area contributed by atoms with E-state index >= 15 is 0 Å². The van der Waals surface area contributed by atoms with Crippen LogP contribution in [-0.2, 0) is 20.6 Å². The smallest absolute Gasteiger partial charge is 0.306 e. The Kier molecular flexibility index (Phi) is 3.19. The molecule has 1 N–H and O–H groups in total. The van der Waals surface area contributed by atoms with Gasteiger partial charge in [0, 0.05) is 20.6 Å². The number of hydrogen-bond acceptors (Lipinski definition) is 5. The van der Waals surface area contributed by atoms with E-state index < -0.39 is 16.8 Å². The average Bonchev–Trinajstić information content (AvgIpc) is 2.93. The molecule has 22 heavy (non-hydrogen) atoms. The summed E-state index contributed by atoms with van der Waals surface area (Å²) < 4.78 is 3.81. The van der Waals surface area contributed by atoms with Crippen molar-refractivity contribution in [2.24, 2.45) is 14.1 Å². The Hall–Kier alpha value is -2.71. The number of hydrogen-bond donors (Lipinski definition) is 1. The van der Waals surface area contributed by atoms with Crippen LogP contribution in [0.5, 0.6) is 0 Å². The molecule has 0 unspecified atom stereocenters. The third kappa shape index (κ3) is 1.81. The van der Waals surface area contributed by atoms with Gasteiger partial charge in [0.2, 0.25) is 0 Å². The van der Waals surface area contributed by atoms with E-state index in [9.17, 15) is 14.4 Å². The van der Waals surface area contributed by atoms with Crippen LogP contribution in [0.15, 0.2) is 14.4 Å². The van der Waals surface area contributed by atoms with Crippen molar-refractivity contribution in [3.63, 3.8) is 0 Å². The molecule has 9 nitrogen and oxygen atoms in total. The molecule has 0 amide bonds. The molecule has 0 aliphatic heterocycles. The van der Waals surface area contributed by atoms with E-state index in [-0.39, 0.29) is 16.6 Å². The Bertz CT molecular complexity index is 1050. The van der Waals surface area contributed by atoms with Gasteiger partial charge in [0.1, 0.15) is 16.6 Å². The first-order chi connectivity index (χ1) is 10.5. The lowest BCUT2D eigenvalue weighted by molar-refractivity contribution is 0.568. The highest BCUT2D eigenvalue weighted by Gasteiger charge is 2.19. The molecular formula is C13H16N6O3. The van der Waals surface area contributed by atoms with Crippen molar-refractivity contribution in [2.45, 2.75) is 26.3 Å². The van der Waals surface area contributed by atoms with Crippen molar-refractivity contribution in [3.8, 4) is 0 Å². The maximum Gasteiger partial charge on any atom is 0.332 e. The normalized spacial score (nSPS) is 11.6. The van der Waals surface area contributed by atoms with E-state index in [2.05, 4.69) is 15.3 Å². The Morgan fingerprint density at radius 1 is 1.14 bits per heavy atom. The van der Waals surface area contributed by atoms with Crippen molar-refractivity contribution in [1.82, 2.24) is 29.1 Å². The summed E-state index contributed by atoms with van der Waals surface area (Å²) in [6.45, 7) is 2.59. The van der Waals surface area contributed by atoms with E-state index in [1.807, 2.05) is 6.92 Å². The molecule has 9 heteroatoms. The molecule has 0 fully saturated rings. The fourth-order valence-corrected chi connectivity index (χ4v) is 2.55. The SMILES string of the molecule is CCCCn1nnc2c(=O)[nH]c3c(c(=O)n(C)c(=O)n3C)c21. The van der Waals surface area contributed by atoms with Crippen LogP contribution < -0.4 is 16.8 Å². The van der Waals surface area contributed by atoms with E-state index in [1.165, 1.54) is 18.7 Å². The second-order valence-corrected chi connectivity index (χ2v) is 5.25. The van der Waals surface area contributed by atoms with Crippen molar-refractivity contribution >= 4 is 22.1 Å². The molecule has 3 rings (SSSR count). The van der Waals surface area contributed by atoms with Crippen LogP contribution in [0.3, 0.4) is 0 Å². The number of aromatic amines is 1. The van der Waals surface area contributed by atoms with Gasteiger partial charge in [-0.25, -0.2) is 9.48 Å². The Labute approximate surface area is 123 Å². The zero-order valence-electron chi connectivity index (χ0n) is 12.6. The van der Waals surface area contributed by atoms with Gasteiger partial charge >= 0.3 is 5.69 Å². The average molecular weight is 304 g/mol. The molecule has 0 aliphatic carbocycles. The number of rotatable bonds is 3. The van der Waals surface area contributed by atoms with Gasteiger partial charge < -0.3 is 4.98 Å². The maximum atomic E-state index is 12.5. The van der Waals surface area contributed by atoms with Crippen LogP contribution >= 0.6 is 0 Å². The first kappa shape index (κ1) is 14.2. The second-order valence-electron chi connectivity index (χ2n) is 5.25. The minimum absolute atomic E-state index is 0.111. The summed E-state index contributed by atoms with van der Waals surface area (Å²) in [4.78, 5) is 39.2.